The third-order valence-electron chi connectivity index (χ3n) is 3.94. The molecule has 1 aliphatic rings. The van der Waals surface area contributed by atoms with Gasteiger partial charge in [0.25, 0.3) is 0 Å². The highest BCUT2D eigenvalue weighted by Crippen LogP contribution is 2.27. The average molecular weight is 273 g/mol. The molecule has 0 aromatic carbocycles. The van der Waals surface area contributed by atoms with E-state index in [2.05, 4.69) is 37.2 Å². The normalized spacial score (nSPS) is 17.8. The Morgan fingerprint density at radius 2 is 1.83 bits per heavy atom. The molecule has 0 unspecified atom stereocenters. The summed E-state index contributed by atoms with van der Waals surface area (Å²) in [5, 5.41) is 3.55. The van der Waals surface area contributed by atoms with Gasteiger partial charge in [0.05, 0.1) is 0 Å². The van der Waals surface area contributed by atoms with Gasteiger partial charge < -0.3 is 5.32 Å². The van der Waals surface area contributed by atoms with Crippen LogP contribution in [0.2, 0.25) is 0 Å². The minimum atomic E-state index is 0.309. The van der Waals surface area contributed by atoms with Gasteiger partial charge in [-0.2, -0.15) is 11.8 Å². The van der Waals surface area contributed by atoms with Crippen LogP contribution in [0.1, 0.15) is 46.5 Å². The quantitative estimate of drug-likeness (QED) is 0.683. The van der Waals surface area contributed by atoms with Crippen molar-refractivity contribution in [3.05, 3.63) is 0 Å². The minimum Gasteiger partial charge on any atom is -0.315 e. The van der Waals surface area contributed by atoms with E-state index < -0.39 is 0 Å². The van der Waals surface area contributed by atoms with Gasteiger partial charge in [-0.15, -0.1) is 0 Å². The first-order valence-corrected chi connectivity index (χ1v) is 8.88. The Labute approximate surface area is 118 Å². The standard InChI is InChI=1S/C15H32N2S/c1-15(2,3)17(11-9-16-10-12-18-4)13-14-7-5-6-8-14/h14,16H,5-13H2,1-4H3. The summed E-state index contributed by atoms with van der Waals surface area (Å²) >= 11 is 1.92. The second kappa shape index (κ2) is 8.44. The van der Waals surface area contributed by atoms with Crippen LogP contribution in [0, 0.1) is 5.92 Å². The van der Waals surface area contributed by atoms with E-state index in [4.69, 9.17) is 0 Å². The lowest BCUT2D eigenvalue weighted by Crippen LogP contribution is -2.47. The van der Waals surface area contributed by atoms with Crippen molar-refractivity contribution in [1.29, 1.82) is 0 Å². The van der Waals surface area contributed by atoms with Crippen LogP contribution in [0.5, 0.6) is 0 Å². The van der Waals surface area contributed by atoms with Crippen LogP contribution < -0.4 is 5.32 Å². The van der Waals surface area contributed by atoms with Crippen molar-refractivity contribution in [1.82, 2.24) is 10.2 Å². The molecule has 0 aliphatic heterocycles. The lowest BCUT2D eigenvalue weighted by Gasteiger charge is -2.37. The van der Waals surface area contributed by atoms with Gasteiger partial charge in [-0.3, -0.25) is 4.90 Å². The van der Waals surface area contributed by atoms with Gasteiger partial charge in [0.1, 0.15) is 0 Å². The van der Waals surface area contributed by atoms with E-state index in [1.54, 1.807) is 0 Å². The topological polar surface area (TPSA) is 15.3 Å². The molecule has 0 aromatic heterocycles. The Hall–Kier alpha value is 0.270. The summed E-state index contributed by atoms with van der Waals surface area (Å²) in [4.78, 5) is 2.68. The lowest BCUT2D eigenvalue weighted by molar-refractivity contribution is 0.115. The Morgan fingerprint density at radius 1 is 1.17 bits per heavy atom. The second-order valence-electron chi connectivity index (χ2n) is 6.51. The lowest BCUT2D eigenvalue weighted by atomic mass is 10.0. The summed E-state index contributed by atoms with van der Waals surface area (Å²) in [6, 6.07) is 0. The summed E-state index contributed by atoms with van der Waals surface area (Å²) in [5.41, 5.74) is 0.309. The van der Waals surface area contributed by atoms with Crippen molar-refractivity contribution < 1.29 is 0 Å². The molecule has 1 fully saturated rings. The van der Waals surface area contributed by atoms with Crippen LogP contribution in [0.15, 0.2) is 0 Å². The molecular formula is C15H32N2S. The van der Waals surface area contributed by atoms with Crippen molar-refractivity contribution in [3.63, 3.8) is 0 Å². The third kappa shape index (κ3) is 6.44. The zero-order valence-electron chi connectivity index (χ0n) is 12.8. The van der Waals surface area contributed by atoms with Gasteiger partial charge in [0.2, 0.25) is 0 Å². The minimum absolute atomic E-state index is 0.309. The molecule has 108 valence electrons. The molecule has 3 heteroatoms. The van der Waals surface area contributed by atoms with Crippen molar-refractivity contribution in [2.75, 3.05) is 38.2 Å². The molecule has 2 nitrogen and oxygen atoms in total. The zero-order valence-corrected chi connectivity index (χ0v) is 13.6. The van der Waals surface area contributed by atoms with E-state index in [-0.39, 0.29) is 0 Å². The van der Waals surface area contributed by atoms with Crippen molar-refractivity contribution in [2.45, 2.75) is 52.0 Å². The number of hydrogen-bond acceptors (Lipinski definition) is 3. The number of hydrogen-bond donors (Lipinski definition) is 1. The van der Waals surface area contributed by atoms with Crippen molar-refractivity contribution in [2.24, 2.45) is 5.92 Å². The van der Waals surface area contributed by atoms with Gasteiger partial charge in [-0.05, 0) is 45.8 Å². The largest absolute Gasteiger partial charge is 0.315 e. The van der Waals surface area contributed by atoms with Crippen LogP contribution in [0.3, 0.4) is 0 Å². The molecule has 0 radical (unpaired) electrons. The predicted octanol–water partition coefficient (Wildman–Crippen LogP) is 3.23. The summed E-state index contributed by atoms with van der Waals surface area (Å²) in [7, 11) is 0. The number of rotatable bonds is 8. The second-order valence-corrected chi connectivity index (χ2v) is 7.50. The molecule has 1 rings (SSSR count). The van der Waals surface area contributed by atoms with Crippen LogP contribution in [-0.2, 0) is 0 Å². The first kappa shape index (κ1) is 16.3. The van der Waals surface area contributed by atoms with Crippen molar-refractivity contribution >= 4 is 11.8 Å². The summed E-state index contributed by atoms with van der Waals surface area (Å²) in [6.45, 7) is 11.8. The van der Waals surface area contributed by atoms with E-state index in [1.165, 1.54) is 44.5 Å². The van der Waals surface area contributed by atoms with Gasteiger partial charge in [-0.1, -0.05) is 12.8 Å². The van der Waals surface area contributed by atoms with Gasteiger partial charge in [0, 0.05) is 37.5 Å². The maximum Gasteiger partial charge on any atom is 0.0125 e. The molecule has 0 heterocycles. The van der Waals surface area contributed by atoms with E-state index in [0.717, 1.165) is 19.0 Å². The molecule has 1 aliphatic carbocycles. The number of nitrogens with zero attached hydrogens (tertiary/aromatic N) is 1. The smallest absolute Gasteiger partial charge is 0.0125 e. The maximum absolute atomic E-state index is 3.55. The molecule has 0 spiro atoms. The summed E-state index contributed by atoms with van der Waals surface area (Å²) in [5.74, 6) is 2.17. The van der Waals surface area contributed by atoms with Gasteiger partial charge >= 0.3 is 0 Å². The van der Waals surface area contributed by atoms with E-state index in [0.29, 0.717) is 5.54 Å². The Balaban J connectivity index is 2.27. The van der Waals surface area contributed by atoms with Crippen LogP contribution in [-0.4, -0.2) is 48.6 Å². The zero-order chi connectivity index (χ0) is 13.4. The highest BCUT2D eigenvalue weighted by molar-refractivity contribution is 7.98. The van der Waals surface area contributed by atoms with Gasteiger partial charge in [-0.25, -0.2) is 0 Å². The average Bonchev–Trinajstić information content (AvgIpc) is 2.78. The first-order chi connectivity index (χ1) is 8.54. The molecule has 18 heavy (non-hydrogen) atoms. The van der Waals surface area contributed by atoms with Crippen molar-refractivity contribution in [3.8, 4) is 0 Å². The number of thioether (sulfide) groups is 1. The molecule has 0 aromatic rings. The van der Waals surface area contributed by atoms with Crippen LogP contribution >= 0.6 is 11.8 Å². The fraction of sp³-hybridized carbons (Fsp3) is 1.00. The third-order valence-corrected chi connectivity index (χ3v) is 4.56. The summed E-state index contributed by atoms with van der Waals surface area (Å²) in [6.07, 6.45) is 7.98. The summed E-state index contributed by atoms with van der Waals surface area (Å²) < 4.78 is 0. The fourth-order valence-electron chi connectivity index (χ4n) is 2.72. The Bertz CT molecular complexity index is 207. The molecule has 0 amide bonds. The molecular weight excluding hydrogens is 240 g/mol. The predicted molar refractivity (Wildman–Crippen MR) is 84.5 cm³/mol. The Kier molecular flexibility index (Phi) is 7.66. The van der Waals surface area contributed by atoms with Crippen LogP contribution in [0.25, 0.3) is 0 Å². The van der Waals surface area contributed by atoms with E-state index in [9.17, 15) is 0 Å². The molecule has 1 saturated carbocycles. The van der Waals surface area contributed by atoms with Crippen LogP contribution in [0.4, 0.5) is 0 Å². The highest BCUT2D eigenvalue weighted by atomic mass is 32.2. The fourth-order valence-corrected chi connectivity index (χ4v) is 3.07. The van der Waals surface area contributed by atoms with E-state index >= 15 is 0 Å². The molecule has 0 atom stereocenters. The Morgan fingerprint density at radius 3 is 2.39 bits per heavy atom. The first-order valence-electron chi connectivity index (χ1n) is 7.48. The highest BCUT2D eigenvalue weighted by Gasteiger charge is 2.25. The number of nitrogens with one attached hydrogen (secondary N) is 1. The maximum atomic E-state index is 3.55. The molecule has 0 bridgehead atoms. The van der Waals surface area contributed by atoms with E-state index in [1.807, 2.05) is 11.8 Å². The molecule has 0 saturated heterocycles. The van der Waals surface area contributed by atoms with Gasteiger partial charge in [0.15, 0.2) is 0 Å². The SMILES string of the molecule is CSCCNCCN(CC1CCCC1)C(C)(C)C. The monoisotopic (exact) mass is 272 g/mol. The molecule has 1 N–H and O–H groups in total.